The Balaban J connectivity index is 2.31. The van der Waals surface area contributed by atoms with E-state index in [2.05, 4.69) is 27.8 Å². The molecule has 0 aliphatic carbocycles. The number of methoxy groups -OCH3 is 1. The van der Waals surface area contributed by atoms with Crippen LogP contribution in [0.4, 0.5) is 0 Å². The molecule has 0 amide bonds. The van der Waals surface area contributed by atoms with Gasteiger partial charge >= 0.3 is 5.97 Å². The zero-order valence-corrected chi connectivity index (χ0v) is 16.3. The number of halogens is 1. The van der Waals surface area contributed by atoms with Gasteiger partial charge in [-0.15, -0.1) is 11.3 Å². The molecule has 0 saturated carbocycles. The van der Waals surface area contributed by atoms with Gasteiger partial charge in [0.1, 0.15) is 9.88 Å². The number of carboxylic acids is 1. The van der Waals surface area contributed by atoms with Crippen LogP contribution < -0.4 is 9.47 Å². The molecular formula is C17H20BrNO4S. The number of carboxylic acid groups (broad SMARTS) is 1. The maximum absolute atomic E-state index is 11.2. The average Bonchev–Trinajstić information content (AvgIpc) is 2.94. The van der Waals surface area contributed by atoms with Gasteiger partial charge in [0, 0.05) is 5.56 Å². The van der Waals surface area contributed by atoms with E-state index in [-0.39, 0.29) is 4.88 Å². The zero-order chi connectivity index (χ0) is 17.7. The van der Waals surface area contributed by atoms with Gasteiger partial charge in [-0.2, -0.15) is 0 Å². The third kappa shape index (κ3) is 4.27. The van der Waals surface area contributed by atoms with Crippen molar-refractivity contribution >= 4 is 33.2 Å². The minimum Gasteiger partial charge on any atom is -0.493 e. The van der Waals surface area contributed by atoms with Crippen molar-refractivity contribution in [2.45, 2.75) is 33.1 Å². The summed E-state index contributed by atoms with van der Waals surface area (Å²) in [4.78, 5) is 15.8. The summed E-state index contributed by atoms with van der Waals surface area (Å²) in [6.45, 7) is 4.47. The third-order valence-electron chi connectivity index (χ3n) is 3.46. The minimum absolute atomic E-state index is 0.250. The van der Waals surface area contributed by atoms with Crippen LogP contribution in [0.2, 0.25) is 0 Å². The van der Waals surface area contributed by atoms with E-state index in [1.807, 2.05) is 12.1 Å². The van der Waals surface area contributed by atoms with Crippen molar-refractivity contribution in [3.63, 3.8) is 0 Å². The minimum atomic E-state index is -0.960. The molecule has 7 heteroatoms. The van der Waals surface area contributed by atoms with Crippen molar-refractivity contribution in [1.82, 2.24) is 4.98 Å². The summed E-state index contributed by atoms with van der Waals surface area (Å²) in [5.74, 6) is 0.294. The van der Waals surface area contributed by atoms with E-state index in [9.17, 15) is 9.90 Å². The van der Waals surface area contributed by atoms with Crippen LogP contribution in [-0.4, -0.2) is 29.8 Å². The van der Waals surface area contributed by atoms with Gasteiger partial charge in [0.25, 0.3) is 0 Å². The summed E-state index contributed by atoms with van der Waals surface area (Å²) in [6, 6.07) is 3.70. The molecule has 0 spiro atoms. The van der Waals surface area contributed by atoms with E-state index in [0.717, 1.165) is 40.6 Å². The molecule has 1 aromatic heterocycles. The Labute approximate surface area is 153 Å². The lowest BCUT2D eigenvalue weighted by atomic mass is 10.2. The molecule has 0 fully saturated rings. The highest BCUT2D eigenvalue weighted by Gasteiger charge is 2.18. The first-order valence-corrected chi connectivity index (χ1v) is 9.30. The molecule has 1 heterocycles. The van der Waals surface area contributed by atoms with Gasteiger partial charge in [-0.1, -0.05) is 19.8 Å². The number of aryl methyl sites for hydroxylation is 1. The quantitative estimate of drug-likeness (QED) is 0.605. The van der Waals surface area contributed by atoms with Crippen LogP contribution in [0.3, 0.4) is 0 Å². The molecule has 1 aromatic carbocycles. The largest absolute Gasteiger partial charge is 0.493 e. The molecule has 0 bridgehead atoms. The maximum Gasteiger partial charge on any atom is 0.347 e. The number of thiazole rings is 1. The van der Waals surface area contributed by atoms with Crippen molar-refractivity contribution in [3.8, 4) is 22.1 Å². The summed E-state index contributed by atoms with van der Waals surface area (Å²) in [7, 11) is 1.58. The zero-order valence-electron chi connectivity index (χ0n) is 13.9. The number of carbonyl (C=O) groups is 1. The SMILES string of the molecule is CCCCCOc1c(Br)cc(-c2nc(C)c(C(=O)O)s2)cc1OC. The molecule has 130 valence electrons. The molecule has 0 aliphatic rings. The molecule has 0 radical (unpaired) electrons. The highest BCUT2D eigenvalue weighted by Crippen LogP contribution is 2.41. The van der Waals surface area contributed by atoms with Crippen molar-refractivity contribution in [1.29, 1.82) is 0 Å². The van der Waals surface area contributed by atoms with Gasteiger partial charge < -0.3 is 14.6 Å². The fourth-order valence-electron chi connectivity index (χ4n) is 2.23. The number of aromatic nitrogens is 1. The Bertz CT molecular complexity index is 730. The molecule has 0 atom stereocenters. The second-order valence-corrected chi connectivity index (χ2v) is 7.14. The number of hydrogen-bond acceptors (Lipinski definition) is 5. The molecular weight excluding hydrogens is 394 g/mol. The van der Waals surface area contributed by atoms with Crippen molar-refractivity contribution in [2.75, 3.05) is 13.7 Å². The lowest BCUT2D eigenvalue weighted by Gasteiger charge is -2.13. The van der Waals surface area contributed by atoms with Gasteiger partial charge in [-0.05, 0) is 41.4 Å². The number of aromatic carboxylic acids is 1. The number of nitrogens with zero attached hydrogens (tertiary/aromatic N) is 1. The smallest absolute Gasteiger partial charge is 0.347 e. The maximum atomic E-state index is 11.2. The molecule has 1 N–H and O–H groups in total. The molecule has 0 aliphatic heterocycles. The van der Waals surface area contributed by atoms with E-state index >= 15 is 0 Å². The van der Waals surface area contributed by atoms with Crippen LogP contribution in [0.25, 0.3) is 10.6 Å². The third-order valence-corrected chi connectivity index (χ3v) is 5.25. The van der Waals surface area contributed by atoms with Crippen LogP contribution in [-0.2, 0) is 0 Å². The van der Waals surface area contributed by atoms with Crippen LogP contribution in [0.15, 0.2) is 16.6 Å². The van der Waals surface area contributed by atoms with Gasteiger partial charge in [-0.3, -0.25) is 0 Å². The highest BCUT2D eigenvalue weighted by atomic mass is 79.9. The first kappa shape index (κ1) is 18.7. The number of ether oxygens (including phenoxy) is 2. The number of benzene rings is 1. The fourth-order valence-corrected chi connectivity index (χ4v) is 3.68. The summed E-state index contributed by atoms with van der Waals surface area (Å²) in [6.07, 6.45) is 3.24. The van der Waals surface area contributed by atoms with E-state index < -0.39 is 5.97 Å². The van der Waals surface area contributed by atoms with E-state index in [0.29, 0.717) is 28.8 Å². The fraction of sp³-hybridized carbons (Fsp3) is 0.412. The summed E-state index contributed by atoms with van der Waals surface area (Å²) in [5.41, 5.74) is 1.30. The summed E-state index contributed by atoms with van der Waals surface area (Å²) in [5, 5.41) is 9.82. The average molecular weight is 414 g/mol. The predicted octanol–water partition coefficient (Wildman–Crippen LogP) is 5.16. The lowest BCUT2D eigenvalue weighted by molar-refractivity contribution is 0.0701. The first-order chi connectivity index (χ1) is 11.5. The normalized spacial score (nSPS) is 10.7. The Hall–Kier alpha value is -1.60. The Morgan fingerprint density at radius 3 is 2.71 bits per heavy atom. The standard InChI is InChI=1S/C17H20BrNO4S/c1-4-5-6-7-23-14-12(18)8-11(9-13(14)22-3)16-19-10(2)15(24-16)17(20)21/h8-9H,4-7H2,1-3H3,(H,20,21). The number of hydrogen-bond donors (Lipinski definition) is 1. The van der Waals surface area contributed by atoms with Crippen LogP contribution >= 0.6 is 27.3 Å². The van der Waals surface area contributed by atoms with Crippen molar-refractivity contribution < 1.29 is 19.4 Å². The molecule has 2 rings (SSSR count). The molecule has 0 saturated heterocycles. The predicted molar refractivity (Wildman–Crippen MR) is 98.5 cm³/mol. The second kappa shape index (κ2) is 8.48. The van der Waals surface area contributed by atoms with E-state index in [1.54, 1.807) is 14.0 Å². The Morgan fingerprint density at radius 1 is 1.38 bits per heavy atom. The Kier molecular flexibility index (Phi) is 6.62. The van der Waals surface area contributed by atoms with Gasteiger partial charge in [-0.25, -0.2) is 9.78 Å². The number of rotatable bonds is 8. The molecule has 0 unspecified atom stereocenters. The van der Waals surface area contributed by atoms with Crippen molar-refractivity contribution in [2.24, 2.45) is 0 Å². The second-order valence-electron chi connectivity index (χ2n) is 5.28. The first-order valence-electron chi connectivity index (χ1n) is 7.69. The van der Waals surface area contributed by atoms with Crippen molar-refractivity contribution in [3.05, 3.63) is 27.2 Å². The van der Waals surface area contributed by atoms with E-state index in [4.69, 9.17) is 9.47 Å². The topological polar surface area (TPSA) is 68.7 Å². The molecule has 5 nitrogen and oxygen atoms in total. The Morgan fingerprint density at radius 2 is 2.12 bits per heavy atom. The monoisotopic (exact) mass is 413 g/mol. The van der Waals surface area contributed by atoms with Gasteiger partial charge in [0.2, 0.25) is 0 Å². The van der Waals surface area contributed by atoms with E-state index in [1.165, 1.54) is 0 Å². The lowest BCUT2D eigenvalue weighted by Crippen LogP contribution is -2.00. The summed E-state index contributed by atoms with van der Waals surface area (Å²) < 4.78 is 12.0. The number of unbranched alkanes of at least 4 members (excludes halogenated alkanes) is 2. The van der Waals surface area contributed by atoms with Crippen LogP contribution in [0.5, 0.6) is 11.5 Å². The van der Waals surface area contributed by atoms with Crippen LogP contribution in [0, 0.1) is 6.92 Å². The summed E-state index contributed by atoms with van der Waals surface area (Å²) >= 11 is 4.67. The highest BCUT2D eigenvalue weighted by molar-refractivity contribution is 9.10. The molecule has 24 heavy (non-hydrogen) atoms. The molecule has 2 aromatic rings. The van der Waals surface area contributed by atoms with Crippen LogP contribution in [0.1, 0.15) is 41.6 Å². The van der Waals surface area contributed by atoms with Gasteiger partial charge in [0.05, 0.1) is 23.9 Å². The van der Waals surface area contributed by atoms with Gasteiger partial charge in [0.15, 0.2) is 11.5 Å².